The largest absolute Gasteiger partial charge is 0.502 e. The maximum atomic E-state index is 9.84. The van der Waals surface area contributed by atoms with Crippen LogP contribution in [0, 0.1) is 5.92 Å². The summed E-state index contributed by atoms with van der Waals surface area (Å²) < 4.78 is 9.00. The first-order valence-electron chi connectivity index (χ1n) is 4.01. The minimum absolute atomic E-state index is 0.394. The fourth-order valence-corrected chi connectivity index (χ4v) is 0.344. The number of hydrogen-bond acceptors (Lipinski definition) is 3. The average molecular weight is 186 g/mol. The van der Waals surface area contributed by atoms with E-state index in [0.717, 1.165) is 12.7 Å². The molecule has 0 aromatic carbocycles. The van der Waals surface area contributed by atoms with Crippen LogP contribution in [0.1, 0.15) is 13.8 Å². The van der Waals surface area contributed by atoms with Crippen molar-refractivity contribution in [3.63, 3.8) is 0 Å². The van der Waals surface area contributed by atoms with Gasteiger partial charge in [0, 0.05) is 6.08 Å². The summed E-state index contributed by atoms with van der Waals surface area (Å²) in [6.07, 6.45) is 2.58. The molecule has 0 aromatic rings. The molecule has 0 saturated heterocycles. The molecule has 0 amide bonds. The highest BCUT2D eigenvalue weighted by Crippen LogP contribution is 1.90. The van der Waals surface area contributed by atoms with Crippen LogP contribution in [0.5, 0.6) is 0 Å². The van der Waals surface area contributed by atoms with E-state index in [1.54, 1.807) is 0 Å². The fourth-order valence-electron chi connectivity index (χ4n) is 0.344. The summed E-state index contributed by atoms with van der Waals surface area (Å²) in [7, 11) is 1.31. The molecule has 0 aliphatic heterocycles. The zero-order chi connectivity index (χ0) is 10.7. The molecule has 0 bridgehead atoms. The molecule has 0 aliphatic carbocycles. The number of methoxy groups -OCH3 is 1. The van der Waals surface area contributed by atoms with Gasteiger partial charge in [0.1, 0.15) is 0 Å². The van der Waals surface area contributed by atoms with Crippen LogP contribution in [0.15, 0.2) is 25.5 Å². The molecule has 0 saturated carbocycles. The van der Waals surface area contributed by atoms with E-state index < -0.39 is 5.97 Å². The summed E-state index contributed by atoms with van der Waals surface area (Å²) >= 11 is 0. The van der Waals surface area contributed by atoms with Gasteiger partial charge in [-0.25, -0.2) is 4.79 Å². The summed E-state index contributed by atoms with van der Waals surface area (Å²) in [4.78, 5) is 9.84. The fraction of sp³-hybridized carbons (Fsp3) is 0.500. The molecule has 0 aliphatic rings. The molecule has 0 radical (unpaired) electrons. The maximum Gasteiger partial charge on any atom is 0.329 e. The van der Waals surface area contributed by atoms with Crippen LogP contribution in [0.3, 0.4) is 0 Å². The first-order chi connectivity index (χ1) is 6.08. The second-order valence-electron chi connectivity index (χ2n) is 2.62. The lowest BCUT2D eigenvalue weighted by Gasteiger charge is -2.00. The Morgan fingerprint density at radius 3 is 2.08 bits per heavy atom. The van der Waals surface area contributed by atoms with Gasteiger partial charge in [-0.15, -0.1) is 0 Å². The molecular weight excluding hydrogens is 168 g/mol. The Balaban J connectivity index is 0. The summed E-state index contributed by atoms with van der Waals surface area (Å²) in [5, 5.41) is 0. The summed E-state index contributed by atoms with van der Waals surface area (Å²) in [6, 6.07) is 0. The van der Waals surface area contributed by atoms with E-state index in [2.05, 4.69) is 31.7 Å². The monoisotopic (exact) mass is 186 g/mol. The van der Waals surface area contributed by atoms with E-state index in [0.29, 0.717) is 5.92 Å². The standard InChI is InChI=1S/C6H12O.C4H6O2/c1-4-7-5-6(2)3;1-3-4(5)6-2/h4,6H,1,5H2,2-3H3;3H,1H2,2H3. The molecule has 0 fully saturated rings. The molecule has 3 heteroatoms. The molecule has 0 atom stereocenters. The summed E-state index contributed by atoms with van der Waals surface area (Å²) in [5.41, 5.74) is 0. The second-order valence-corrected chi connectivity index (χ2v) is 2.62. The van der Waals surface area contributed by atoms with Gasteiger partial charge < -0.3 is 9.47 Å². The van der Waals surface area contributed by atoms with Crippen LogP contribution < -0.4 is 0 Å². The Bertz CT molecular complexity index is 150. The molecule has 0 aromatic heterocycles. The van der Waals surface area contributed by atoms with E-state index in [4.69, 9.17) is 4.74 Å². The Morgan fingerprint density at radius 2 is 2.00 bits per heavy atom. The van der Waals surface area contributed by atoms with Crippen molar-refractivity contribution >= 4 is 5.97 Å². The maximum absolute atomic E-state index is 9.84. The van der Waals surface area contributed by atoms with Crippen molar-refractivity contribution in [3.8, 4) is 0 Å². The predicted octanol–water partition coefficient (Wildman–Crippen LogP) is 2.15. The molecule has 3 nitrogen and oxygen atoms in total. The van der Waals surface area contributed by atoms with E-state index in [1.807, 2.05) is 0 Å². The van der Waals surface area contributed by atoms with Crippen molar-refractivity contribution in [1.29, 1.82) is 0 Å². The van der Waals surface area contributed by atoms with Crippen LogP contribution in [0.25, 0.3) is 0 Å². The SMILES string of the molecule is C=CC(=O)OC.C=COCC(C)C. The third-order valence-electron chi connectivity index (χ3n) is 0.915. The molecule has 0 N–H and O–H groups in total. The second kappa shape index (κ2) is 10.8. The topological polar surface area (TPSA) is 35.5 Å². The van der Waals surface area contributed by atoms with E-state index in [-0.39, 0.29) is 0 Å². The highest BCUT2D eigenvalue weighted by atomic mass is 16.5. The van der Waals surface area contributed by atoms with E-state index >= 15 is 0 Å². The molecular formula is C10H18O3. The minimum atomic E-state index is -0.394. The molecule has 0 heterocycles. The van der Waals surface area contributed by atoms with E-state index in [9.17, 15) is 4.79 Å². The van der Waals surface area contributed by atoms with Crippen molar-refractivity contribution < 1.29 is 14.3 Å². The third kappa shape index (κ3) is 18.1. The van der Waals surface area contributed by atoms with Gasteiger partial charge in [0.25, 0.3) is 0 Å². The quantitative estimate of drug-likeness (QED) is 0.383. The van der Waals surface area contributed by atoms with Gasteiger partial charge >= 0.3 is 5.97 Å². The lowest BCUT2D eigenvalue weighted by atomic mass is 10.2. The van der Waals surface area contributed by atoms with Crippen LogP contribution >= 0.6 is 0 Å². The molecule has 0 rings (SSSR count). The zero-order valence-electron chi connectivity index (χ0n) is 8.58. The lowest BCUT2D eigenvalue weighted by Crippen LogP contribution is -1.95. The highest BCUT2D eigenvalue weighted by molar-refractivity contribution is 5.80. The van der Waals surface area contributed by atoms with Crippen molar-refractivity contribution in [1.82, 2.24) is 0 Å². The van der Waals surface area contributed by atoms with Crippen molar-refractivity contribution in [2.45, 2.75) is 13.8 Å². The van der Waals surface area contributed by atoms with Gasteiger partial charge in [-0.05, 0) is 5.92 Å². The van der Waals surface area contributed by atoms with Crippen molar-refractivity contribution in [3.05, 3.63) is 25.5 Å². The average Bonchev–Trinajstić information content (AvgIpc) is 2.14. The predicted molar refractivity (Wildman–Crippen MR) is 53.2 cm³/mol. The Hall–Kier alpha value is -1.25. The highest BCUT2D eigenvalue weighted by Gasteiger charge is 1.87. The van der Waals surface area contributed by atoms with Gasteiger partial charge in [-0.3, -0.25) is 0 Å². The van der Waals surface area contributed by atoms with Gasteiger partial charge in [-0.2, -0.15) is 0 Å². The first-order valence-corrected chi connectivity index (χ1v) is 4.01. The van der Waals surface area contributed by atoms with Gasteiger partial charge in [0.05, 0.1) is 20.0 Å². The van der Waals surface area contributed by atoms with Crippen molar-refractivity contribution in [2.24, 2.45) is 5.92 Å². The van der Waals surface area contributed by atoms with Gasteiger partial charge in [-0.1, -0.05) is 27.0 Å². The summed E-state index contributed by atoms with van der Waals surface area (Å²) in [6.45, 7) is 11.5. The first kappa shape index (κ1) is 14.3. The third-order valence-corrected chi connectivity index (χ3v) is 0.915. The Morgan fingerprint density at radius 1 is 1.46 bits per heavy atom. The zero-order valence-corrected chi connectivity index (χ0v) is 8.58. The summed E-state index contributed by atoms with van der Waals surface area (Å²) in [5.74, 6) is 0.216. The van der Waals surface area contributed by atoms with E-state index in [1.165, 1.54) is 13.4 Å². The van der Waals surface area contributed by atoms with Crippen LogP contribution in [-0.2, 0) is 14.3 Å². The molecule has 76 valence electrons. The van der Waals surface area contributed by atoms with Gasteiger partial charge in [0.15, 0.2) is 0 Å². The number of esters is 1. The Kier molecular flexibility index (Phi) is 11.8. The smallest absolute Gasteiger partial charge is 0.329 e. The minimum Gasteiger partial charge on any atom is -0.502 e. The van der Waals surface area contributed by atoms with Crippen LogP contribution in [0.4, 0.5) is 0 Å². The normalized spacial score (nSPS) is 8.00. The number of carbonyl (C=O) groups is 1. The number of carbonyl (C=O) groups excluding carboxylic acids is 1. The molecule has 0 spiro atoms. The molecule has 0 unspecified atom stereocenters. The number of rotatable bonds is 4. The van der Waals surface area contributed by atoms with Crippen LogP contribution in [0.2, 0.25) is 0 Å². The van der Waals surface area contributed by atoms with Crippen LogP contribution in [-0.4, -0.2) is 19.7 Å². The number of hydrogen-bond donors (Lipinski definition) is 0. The Labute approximate surface area is 80.0 Å². The number of ether oxygens (including phenoxy) is 2. The molecule has 13 heavy (non-hydrogen) atoms. The van der Waals surface area contributed by atoms with Crippen molar-refractivity contribution in [2.75, 3.05) is 13.7 Å². The lowest BCUT2D eigenvalue weighted by molar-refractivity contribution is -0.134. The van der Waals surface area contributed by atoms with Gasteiger partial charge in [0.2, 0.25) is 0 Å².